The molecule has 0 atom stereocenters. The van der Waals surface area contributed by atoms with Crippen LogP contribution in [0.2, 0.25) is 5.02 Å². The van der Waals surface area contributed by atoms with Crippen LogP contribution in [0.4, 0.5) is 4.79 Å². The van der Waals surface area contributed by atoms with Gasteiger partial charge in [0.2, 0.25) is 0 Å². The molecule has 1 aliphatic rings. The summed E-state index contributed by atoms with van der Waals surface area (Å²) in [5.41, 5.74) is 2.49. The van der Waals surface area contributed by atoms with Crippen LogP contribution in [-0.2, 0) is 17.9 Å². The topological polar surface area (TPSA) is 55.8 Å². The number of thioether (sulfide) groups is 1. The molecule has 0 radical (unpaired) electrons. The molecule has 38 heavy (non-hydrogen) atoms. The van der Waals surface area contributed by atoms with E-state index in [0.29, 0.717) is 50.2 Å². The van der Waals surface area contributed by atoms with Gasteiger partial charge in [-0.3, -0.25) is 14.5 Å². The summed E-state index contributed by atoms with van der Waals surface area (Å²) in [7, 11) is 0. The molecular formula is C30H23BrClNO4S. The van der Waals surface area contributed by atoms with Crippen LogP contribution < -0.4 is 9.47 Å². The molecule has 0 aliphatic carbocycles. The summed E-state index contributed by atoms with van der Waals surface area (Å²) in [6.07, 6.45) is 1.69. The maximum absolute atomic E-state index is 13.1. The third-order valence-corrected chi connectivity index (χ3v) is 7.91. The van der Waals surface area contributed by atoms with E-state index in [0.717, 1.165) is 28.1 Å². The van der Waals surface area contributed by atoms with Crippen LogP contribution in [0, 0.1) is 0 Å². The highest BCUT2D eigenvalue weighted by atomic mass is 79.9. The SMILES string of the molecule is CCOc1cc(/C=C2\SC(=O)N(Cc3ccccc3Cl)C2=O)cc(Br)c1OCc1cccc2ccccc12. The van der Waals surface area contributed by atoms with Crippen LogP contribution in [0.15, 0.2) is 88.2 Å². The van der Waals surface area contributed by atoms with Crippen molar-refractivity contribution in [1.29, 1.82) is 0 Å². The summed E-state index contributed by atoms with van der Waals surface area (Å²) in [4.78, 5) is 27.2. The van der Waals surface area contributed by atoms with Gasteiger partial charge in [0.25, 0.3) is 11.1 Å². The molecule has 0 N–H and O–H groups in total. The normalized spacial score (nSPS) is 14.5. The van der Waals surface area contributed by atoms with Gasteiger partial charge in [-0.2, -0.15) is 0 Å². The van der Waals surface area contributed by atoms with Crippen molar-refractivity contribution >= 4 is 67.3 Å². The van der Waals surface area contributed by atoms with Gasteiger partial charge in [0.15, 0.2) is 11.5 Å². The number of hydrogen-bond acceptors (Lipinski definition) is 5. The number of ether oxygens (including phenoxy) is 2. The summed E-state index contributed by atoms with van der Waals surface area (Å²) in [6, 6.07) is 25.2. The second-order valence-corrected chi connectivity index (χ2v) is 10.8. The Hall–Kier alpha value is -3.26. The Morgan fingerprint density at radius 3 is 2.50 bits per heavy atom. The second-order valence-electron chi connectivity index (χ2n) is 8.55. The van der Waals surface area contributed by atoms with Crippen LogP contribution in [0.25, 0.3) is 16.8 Å². The molecule has 2 amide bonds. The average molecular weight is 609 g/mol. The van der Waals surface area contributed by atoms with Gasteiger partial charge >= 0.3 is 0 Å². The van der Waals surface area contributed by atoms with Crippen LogP contribution in [0.5, 0.6) is 11.5 Å². The monoisotopic (exact) mass is 607 g/mol. The van der Waals surface area contributed by atoms with E-state index in [-0.39, 0.29) is 17.7 Å². The minimum absolute atomic E-state index is 0.122. The molecule has 5 nitrogen and oxygen atoms in total. The Labute approximate surface area is 238 Å². The first-order chi connectivity index (χ1) is 18.4. The number of hydrogen-bond donors (Lipinski definition) is 0. The zero-order valence-electron chi connectivity index (χ0n) is 20.4. The van der Waals surface area contributed by atoms with Crippen molar-refractivity contribution in [3.05, 3.63) is 110 Å². The first-order valence-electron chi connectivity index (χ1n) is 12.0. The largest absolute Gasteiger partial charge is 0.490 e. The predicted molar refractivity (Wildman–Crippen MR) is 157 cm³/mol. The number of amides is 2. The highest BCUT2D eigenvalue weighted by Crippen LogP contribution is 2.40. The van der Waals surface area contributed by atoms with Crippen molar-refractivity contribution in [2.45, 2.75) is 20.1 Å². The highest BCUT2D eigenvalue weighted by molar-refractivity contribution is 9.10. The van der Waals surface area contributed by atoms with E-state index >= 15 is 0 Å². The number of benzene rings is 4. The van der Waals surface area contributed by atoms with E-state index in [1.165, 1.54) is 4.90 Å². The maximum Gasteiger partial charge on any atom is 0.293 e. The van der Waals surface area contributed by atoms with Crippen molar-refractivity contribution in [3.8, 4) is 11.5 Å². The summed E-state index contributed by atoms with van der Waals surface area (Å²) in [5.74, 6) is 0.762. The number of carbonyl (C=O) groups is 2. The molecule has 0 unspecified atom stereocenters. The fourth-order valence-corrected chi connectivity index (χ4v) is 5.84. The van der Waals surface area contributed by atoms with E-state index in [1.807, 2.05) is 55.5 Å². The van der Waals surface area contributed by atoms with Crippen LogP contribution in [0.1, 0.15) is 23.6 Å². The number of carbonyl (C=O) groups excluding carboxylic acids is 2. The molecule has 8 heteroatoms. The zero-order chi connectivity index (χ0) is 26.6. The van der Waals surface area contributed by atoms with Gasteiger partial charge < -0.3 is 9.47 Å². The molecule has 0 spiro atoms. The number of nitrogens with zero attached hydrogens (tertiary/aromatic N) is 1. The first kappa shape index (κ1) is 26.4. The molecule has 1 fully saturated rings. The molecule has 4 aromatic rings. The maximum atomic E-state index is 13.1. The van der Waals surface area contributed by atoms with Crippen molar-refractivity contribution < 1.29 is 19.1 Å². The molecule has 1 heterocycles. The van der Waals surface area contributed by atoms with Crippen molar-refractivity contribution in [3.63, 3.8) is 0 Å². The fraction of sp³-hybridized carbons (Fsp3) is 0.133. The lowest BCUT2D eigenvalue weighted by Crippen LogP contribution is -2.27. The molecule has 1 saturated heterocycles. The highest BCUT2D eigenvalue weighted by Gasteiger charge is 2.35. The van der Waals surface area contributed by atoms with E-state index in [9.17, 15) is 9.59 Å². The summed E-state index contributed by atoms with van der Waals surface area (Å²) in [5, 5.41) is 2.46. The number of rotatable bonds is 8. The van der Waals surface area contributed by atoms with Gasteiger partial charge in [-0.25, -0.2) is 0 Å². The Bertz CT molecular complexity index is 1570. The lowest BCUT2D eigenvalue weighted by atomic mass is 10.1. The molecule has 0 aromatic heterocycles. The van der Waals surface area contributed by atoms with E-state index in [2.05, 4.69) is 34.1 Å². The van der Waals surface area contributed by atoms with E-state index in [4.69, 9.17) is 21.1 Å². The van der Waals surface area contributed by atoms with Gasteiger partial charge in [-0.1, -0.05) is 72.3 Å². The fourth-order valence-electron chi connectivity index (χ4n) is 4.23. The third kappa shape index (κ3) is 5.60. The Morgan fingerprint density at radius 2 is 1.68 bits per heavy atom. The van der Waals surface area contributed by atoms with Crippen LogP contribution in [0.3, 0.4) is 0 Å². The van der Waals surface area contributed by atoms with Crippen LogP contribution >= 0.6 is 39.3 Å². The first-order valence-corrected chi connectivity index (χ1v) is 14.0. The molecule has 0 bridgehead atoms. The Kier molecular flexibility index (Phi) is 8.07. The lowest BCUT2D eigenvalue weighted by Gasteiger charge is -2.16. The number of imide groups is 1. The van der Waals surface area contributed by atoms with Gasteiger partial charge in [0.1, 0.15) is 6.61 Å². The van der Waals surface area contributed by atoms with E-state index < -0.39 is 0 Å². The zero-order valence-corrected chi connectivity index (χ0v) is 23.6. The quantitative estimate of drug-likeness (QED) is 0.188. The third-order valence-electron chi connectivity index (χ3n) is 6.04. The van der Waals surface area contributed by atoms with Crippen LogP contribution in [-0.4, -0.2) is 22.7 Å². The van der Waals surface area contributed by atoms with Gasteiger partial charge in [0.05, 0.1) is 22.5 Å². The van der Waals surface area contributed by atoms with Gasteiger partial charge in [-0.15, -0.1) is 0 Å². The number of halogens is 2. The Balaban J connectivity index is 1.39. The summed E-state index contributed by atoms with van der Waals surface area (Å²) in [6.45, 7) is 2.82. The average Bonchev–Trinajstić information content (AvgIpc) is 3.17. The minimum Gasteiger partial charge on any atom is -0.490 e. The molecule has 1 aliphatic heterocycles. The van der Waals surface area contributed by atoms with Crippen molar-refractivity contribution in [2.24, 2.45) is 0 Å². The second kappa shape index (κ2) is 11.6. The molecule has 192 valence electrons. The standard InChI is InChI=1S/C30H23BrClNO4S/c1-2-36-26-15-19(16-27-29(34)33(30(35)38-27)17-21-9-4-6-13-25(21)32)14-24(31)28(26)37-18-22-11-7-10-20-8-3-5-12-23(20)22/h3-16H,2,17-18H2,1H3/b27-16-. The summed E-state index contributed by atoms with van der Waals surface area (Å²) >= 11 is 10.8. The van der Waals surface area contributed by atoms with E-state index in [1.54, 1.807) is 18.2 Å². The van der Waals surface area contributed by atoms with Crippen molar-refractivity contribution in [1.82, 2.24) is 4.90 Å². The van der Waals surface area contributed by atoms with Crippen molar-refractivity contribution in [2.75, 3.05) is 6.61 Å². The molecule has 0 saturated carbocycles. The molecule has 4 aromatic carbocycles. The lowest BCUT2D eigenvalue weighted by molar-refractivity contribution is -0.123. The minimum atomic E-state index is -0.356. The molecular weight excluding hydrogens is 586 g/mol. The predicted octanol–water partition coefficient (Wildman–Crippen LogP) is 8.47. The van der Waals surface area contributed by atoms with Gasteiger partial charge in [-0.05, 0) is 86.4 Å². The molecule has 5 rings (SSSR count). The smallest absolute Gasteiger partial charge is 0.293 e. The number of fused-ring (bicyclic) bond motifs is 1. The summed E-state index contributed by atoms with van der Waals surface area (Å²) < 4.78 is 12.8. The Morgan fingerprint density at radius 1 is 0.947 bits per heavy atom. The van der Waals surface area contributed by atoms with Gasteiger partial charge in [0, 0.05) is 5.02 Å².